The van der Waals surface area contributed by atoms with Gasteiger partial charge in [-0.1, -0.05) is 18.2 Å². The molecule has 0 saturated carbocycles. The van der Waals surface area contributed by atoms with E-state index in [2.05, 4.69) is 9.97 Å². The lowest BCUT2D eigenvalue weighted by Gasteiger charge is -2.31. The predicted molar refractivity (Wildman–Crippen MR) is 109 cm³/mol. The Morgan fingerprint density at radius 3 is 2.93 bits per heavy atom. The van der Waals surface area contributed by atoms with Gasteiger partial charge in [-0.05, 0) is 36.4 Å². The average molecular weight is 395 g/mol. The molecule has 0 spiro atoms. The number of rotatable bonds is 3. The number of likely N-dealkylation sites (tertiary alicyclic amines) is 1. The van der Waals surface area contributed by atoms with E-state index in [1.54, 1.807) is 11.3 Å². The predicted octanol–water partition coefficient (Wildman–Crippen LogP) is 4.77. The van der Waals surface area contributed by atoms with Crippen molar-refractivity contribution in [2.75, 3.05) is 13.1 Å². The zero-order valence-electron chi connectivity index (χ0n) is 14.6. The third-order valence-electron chi connectivity index (χ3n) is 4.96. The lowest BCUT2D eigenvalue weighted by molar-refractivity contribution is 0.0700. The first-order valence-electron chi connectivity index (χ1n) is 9.01. The summed E-state index contributed by atoms with van der Waals surface area (Å²) in [7, 11) is 0. The maximum Gasteiger partial charge on any atom is 0.273 e. The van der Waals surface area contributed by atoms with Gasteiger partial charge < -0.3 is 9.88 Å². The highest BCUT2D eigenvalue weighted by Crippen LogP contribution is 2.30. The SMILES string of the molecule is O=C(c1csc(-c2cccs2)n1)N1CCCC(c2nc3ccccc3[nH]2)C1. The summed E-state index contributed by atoms with van der Waals surface area (Å²) in [6.07, 6.45) is 2.02. The molecule has 3 aromatic heterocycles. The Labute approximate surface area is 164 Å². The van der Waals surface area contributed by atoms with Crippen molar-refractivity contribution in [3.63, 3.8) is 0 Å². The summed E-state index contributed by atoms with van der Waals surface area (Å²) in [5.41, 5.74) is 2.58. The molecule has 7 heteroatoms. The smallest absolute Gasteiger partial charge is 0.273 e. The van der Waals surface area contributed by atoms with E-state index in [1.165, 1.54) is 11.3 Å². The van der Waals surface area contributed by atoms with Crippen molar-refractivity contribution in [2.24, 2.45) is 0 Å². The van der Waals surface area contributed by atoms with E-state index in [9.17, 15) is 4.79 Å². The number of hydrogen-bond donors (Lipinski definition) is 1. The first-order valence-corrected chi connectivity index (χ1v) is 10.8. The van der Waals surface area contributed by atoms with Crippen LogP contribution in [0.15, 0.2) is 47.2 Å². The second-order valence-corrected chi connectivity index (χ2v) is 8.55. The fourth-order valence-electron chi connectivity index (χ4n) is 3.60. The minimum atomic E-state index is 0.0230. The molecule has 0 bridgehead atoms. The number of imidazole rings is 1. The van der Waals surface area contributed by atoms with Crippen LogP contribution in [-0.2, 0) is 0 Å². The van der Waals surface area contributed by atoms with Crippen molar-refractivity contribution >= 4 is 39.6 Å². The van der Waals surface area contributed by atoms with E-state index in [1.807, 2.05) is 52.1 Å². The molecule has 0 radical (unpaired) electrons. The molecule has 4 heterocycles. The van der Waals surface area contributed by atoms with Crippen molar-refractivity contribution in [2.45, 2.75) is 18.8 Å². The Bertz CT molecular complexity index is 1050. The second-order valence-electron chi connectivity index (χ2n) is 6.74. The van der Waals surface area contributed by atoms with E-state index in [4.69, 9.17) is 4.98 Å². The van der Waals surface area contributed by atoms with Crippen LogP contribution in [0.2, 0.25) is 0 Å². The topological polar surface area (TPSA) is 61.9 Å². The third-order valence-corrected chi connectivity index (χ3v) is 6.84. The van der Waals surface area contributed by atoms with Gasteiger partial charge in [0.1, 0.15) is 16.5 Å². The number of amides is 1. The van der Waals surface area contributed by atoms with Gasteiger partial charge in [-0.15, -0.1) is 22.7 Å². The number of thiophene rings is 1. The molecule has 1 atom stereocenters. The molecule has 1 unspecified atom stereocenters. The van der Waals surface area contributed by atoms with Gasteiger partial charge in [0.25, 0.3) is 5.91 Å². The van der Waals surface area contributed by atoms with Crippen LogP contribution in [0.3, 0.4) is 0 Å². The lowest BCUT2D eigenvalue weighted by Crippen LogP contribution is -2.39. The molecular weight excluding hydrogens is 376 g/mol. The van der Waals surface area contributed by atoms with Gasteiger partial charge in [0.15, 0.2) is 0 Å². The van der Waals surface area contributed by atoms with Gasteiger partial charge in [0.05, 0.1) is 15.9 Å². The molecular formula is C20H18N4OS2. The fourth-order valence-corrected chi connectivity index (χ4v) is 5.21. The molecule has 136 valence electrons. The Kier molecular flexibility index (Phi) is 4.26. The lowest BCUT2D eigenvalue weighted by atomic mass is 9.97. The third kappa shape index (κ3) is 3.17. The molecule has 5 nitrogen and oxygen atoms in total. The van der Waals surface area contributed by atoms with Crippen molar-refractivity contribution in [1.82, 2.24) is 19.9 Å². The summed E-state index contributed by atoms with van der Waals surface area (Å²) in [4.78, 5) is 28.7. The van der Waals surface area contributed by atoms with Crippen LogP contribution in [0, 0.1) is 0 Å². The van der Waals surface area contributed by atoms with Gasteiger partial charge in [0, 0.05) is 24.4 Å². The molecule has 5 rings (SSSR count). The van der Waals surface area contributed by atoms with E-state index in [0.717, 1.165) is 46.1 Å². The monoisotopic (exact) mass is 394 g/mol. The van der Waals surface area contributed by atoms with E-state index in [0.29, 0.717) is 12.2 Å². The number of aromatic nitrogens is 3. The number of hydrogen-bond acceptors (Lipinski definition) is 5. The summed E-state index contributed by atoms with van der Waals surface area (Å²) >= 11 is 3.18. The number of carbonyl (C=O) groups excluding carboxylic acids is 1. The Morgan fingerprint density at radius 2 is 2.07 bits per heavy atom. The van der Waals surface area contributed by atoms with Gasteiger partial charge in [0.2, 0.25) is 0 Å². The molecule has 1 amide bonds. The number of carbonyl (C=O) groups is 1. The van der Waals surface area contributed by atoms with E-state index < -0.39 is 0 Å². The van der Waals surface area contributed by atoms with Crippen molar-refractivity contribution in [3.8, 4) is 9.88 Å². The van der Waals surface area contributed by atoms with Gasteiger partial charge in [-0.3, -0.25) is 4.79 Å². The number of fused-ring (bicyclic) bond motifs is 1. The van der Waals surface area contributed by atoms with Crippen LogP contribution in [0.5, 0.6) is 0 Å². The number of nitrogens with zero attached hydrogens (tertiary/aromatic N) is 3. The quantitative estimate of drug-likeness (QED) is 0.544. The Morgan fingerprint density at radius 1 is 1.15 bits per heavy atom. The van der Waals surface area contributed by atoms with Gasteiger partial charge in [-0.25, -0.2) is 9.97 Å². The summed E-state index contributed by atoms with van der Waals surface area (Å²) in [5.74, 6) is 1.24. The molecule has 1 fully saturated rings. The molecule has 1 saturated heterocycles. The van der Waals surface area contributed by atoms with Crippen LogP contribution in [0.25, 0.3) is 20.9 Å². The summed E-state index contributed by atoms with van der Waals surface area (Å²) < 4.78 is 0. The van der Waals surface area contributed by atoms with Crippen LogP contribution in [0.4, 0.5) is 0 Å². The Hall–Kier alpha value is -2.51. The number of piperidine rings is 1. The molecule has 1 aliphatic rings. The second kappa shape index (κ2) is 6.90. The van der Waals surface area contributed by atoms with Crippen LogP contribution >= 0.6 is 22.7 Å². The zero-order valence-corrected chi connectivity index (χ0v) is 16.2. The summed E-state index contributed by atoms with van der Waals surface area (Å²) in [5, 5.41) is 4.82. The van der Waals surface area contributed by atoms with E-state index >= 15 is 0 Å². The maximum absolute atomic E-state index is 13.0. The first-order chi connectivity index (χ1) is 13.3. The van der Waals surface area contributed by atoms with Crippen molar-refractivity contribution in [3.05, 3.63) is 58.7 Å². The maximum atomic E-state index is 13.0. The van der Waals surface area contributed by atoms with Crippen LogP contribution in [-0.4, -0.2) is 38.8 Å². The highest BCUT2D eigenvalue weighted by Gasteiger charge is 2.28. The molecule has 27 heavy (non-hydrogen) atoms. The number of benzene rings is 1. The van der Waals surface area contributed by atoms with E-state index in [-0.39, 0.29) is 11.8 Å². The first kappa shape index (κ1) is 16.6. The normalized spacial score (nSPS) is 17.5. The number of aromatic amines is 1. The molecule has 4 aromatic rings. The van der Waals surface area contributed by atoms with Crippen LogP contribution < -0.4 is 0 Å². The van der Waals surface area contributed by atoms with Crippen molar-refractivity contribution in [1.29, 1.82) is 0 Å². The number of H-pyrrole nitrogens is 1. The average Bonchev–Trinajstić information content (AvgIpc) is 3.47. The number of thiazole rings is 1. The number of para-hydroxylation sites is 2. The minimum absolute atomic E-state index is 0.0230. The summed E-state index contributed by atoms with van der Waals surface area (Å²) in [6.45, 7) is 1.46. The molecule has 1 N–H and O–H groups in total. The van der Waals surface area contributed by atoms with Gasteiger partial charge >= 0.3 is 0 Å². The van der Waals surface area contributed by atoms with Crippen molar-refractivity contribution < 1.29 is 4.79 Å². The molecule has 0 aliphatic carbocycles. The number of nitrogens with one attached hydrogen (secondary N) is 1. The summed E-state index contributed by atoms with van der Waals surface area (Å²) in [6, 6.07) is 12.1. The van der Waals surface area contributed by atoms with Gasteiger partial charge in [-0.2, -0.15) is 0 Å². The fraction of sp³-hybridized carbons (Fsp3) is 0.250. The molecule has 1 aromatic carbocycles. The standard InChI is InChI=1S/C20H18N4OS2/c25-20(16-12-27-19(23-16)17-8-4-10-26-17)24-9-3-5-13(11-24)18-21-14-6-1-2-7-15(14)22-18/h1-2,4,6-8,10,12-13H,3,5,9,11H2,(H,21,22). The minimum Gasteiger partial charge on any atom is -0.342 e. The highest BCUT2D eigenvalue weighted by molar-refractivity contribution is 7.20. The molecule has 1 aliphatic heterocycles. The zero-order chi connectivity index (χ0) is 18.2. The van der Waals surface area contributed by atoms with Crippen LogP contribution in [0.1, 0.15) is 35.1 Å². The highest BCUT2D eigenvalue weighted by atomic mass is 32.1. The largest absolute Gasteiger partial charge is 0.342 e. The Balaban J connectivity index is 1.35.